The van der Waals surface area contributed by atoms with Crippen LogP contribution in [0.2, 0.25) is 0 Å². The van der Waals surface area contributed by atoms with Crippen molar-refractivity contribution in [2.24, 2.45) is 11.7 Å². The van der Waals surface area contributed by atoms with Crippen LogP contribution in [0.15, 0.2) is 21.3 Å². The van der Waals surface area contributed by atoms with Gasteiger partial charge < -0.3 is 31.2 Å². The van der Waals surface area contributed by atoms with Crippen LogP contribution in [0.25, 0.3) is 0 Å². The van der Waals surface area contributed by atoms with E-state index in [4.69, 9.17) is 20.9 Å². The molecule has 1 fully saturated rings. The smallest absolute Gasteiger partial charge is 0.323 e. The minimum Gasteiger partial charge on any atom is -0.462 e. The van der Waals surface area contributed by atoms with Crippen molar-refractivity contribution in [3.63, 3.8) is 0 Å². The van der Waals surface area contributed by atoms with Crippen molar-refractivity contribution in [1.82, 2.24) is 9.97 Å². The first kappa shape index (κ1) is 23.4. The lowest BCUT2D eigenvalue weighted by Gasteiger charge is -2.20. The van der Waals surface area contributed by atoms with Crippen LogP contribution in [0.5, 0.6) is 0 Å². The molecule has 2 aliphatic rings. The van der Waals surface area contributed by atoms with Crippen LogP contribution in [0.1, 0.15) is 26.0 Å². The van der Waals surface area contributed by atoms with E-state index in [0.29, 0.717) is 23.8 Å². The van der Waals surface area contributed by atoms with Crippen molar-refractivity contribution in [2.45, 2.75) is 62.0 Å². The Bertz CT molecular complexity index is 950. The zero-order chi connectivity index (χ0) is 22.9. The number of hydrogen-bond donors (Lipinski definition) is 5. The number of rotatable bonds is 6. The first-order valence-corrected chi connectivity index (χ1v) is 10.7. The standard InChI is InChI=1S/C19H26N4O7S/c1-3-7(2)12(20)18(28)29-6-10-13(25)14(26)15(30-10)8-4-9-16(31-11(24)5-8)17(27)23-19(21)22-9/h5,7,10,12-15,25-26H,3-4,6,20H2,1-2H3,(H3,21,22,23,27)/t7?,10-,12+,13-,14-,15+/m1/s1. The number of aromatic nitrogens is 2. The zero-order valence-electron chi connectivity index (χ0n) is 17.1. The number of carbonyl (C=O) groups excluding carboxylic acids is 2. The molecule has 12 heteroatoms. The summed E-state index contributed by atoms with van der Waals surface area (Å²) in [6.07, 6.45) is -2.85. The molecule has 6 atom stereocenters. The molecule has 0 bridgehead atoms. The van der Waals surface area contributed by atoms with Crippen LogP contribution < -0.4 is 17.0 Å². The normalized spacial score (nSPS) is 27.8. The highest BCUT2D eigenvalue weighted by Gasteiger charge is 2.45. The maximum Gasteiger partial charge on any atom is 0.323 e. The van der Waals surface area contributed by atoms with Gasteiger partial charge in [-0.2, -0.15) is 0 Å². The number of carbonyl (C=O) groups is 2. The highest BCUT2D eigenvalue weighted by molar-refractivity contribution is 8.14. The van der Waals surface area contributed by atoms with Crippen molar-refractivity contribution >= 4 is 28.8 Å². The number of nitrogens with zero attached hydrogens (tertiary/aromatic N) is 1. The zero-order valence-corrected chi connectivity index (χ0v) is 17.9. The number of aliphatic hydroxyl groups is 2. The second kappa shape index (κ2) is 9.49. The Kier molecular flexibility index (Phi) is 7.17. The summed E-state index contributed by atoms with van der Waals surface area (Å²) in [5.41, 5.74) is 11.5. The van der Waals surface area contributed by atoms with E-state index in [1.54, 1.807) is 0 Å². The molecule has 1 aromatic rings. The second-order valence-electron chi connectivity index (χ2n) is 7.66. The summed E-state index contributed by atoms with van der Waals surface area (Å²) in [5.74, 6) is -0.812. The van der Waals surface area contributed by atoms with E-state index in [1.165, 1.54) is 6.08 Å². The lowest BCUT2D eigenvalue weighted by molar-refractivity contribution is -0.151. The maximum absolute atomic E-state index is 12.3. The molecule has 0 aromatic carbocycles. The molecule has 3 rings (SSSR count). The molecular formula is C19H26N4O7S. The van der Waals surface area contributed by atoms with E-state index in [1.807, 2.05) is 13.8 Å². The van der Waals surface area contributed by atoms with Gasteiger partial charge in [0.2, 0.25) is 11.1 Å². The Morgan fingerprint density at radius 1 is 1.42 bits per heavy atom. The average molecular weight is 455 g/mol. The number of esters is 1. The molecule has 1 saturated heterocycles. The largest absolute Gasteiger partial charge is 0.462 e. The third-order valence-electron chi connectivity index (χ3n) is 5.49. The Morgan fingerprint density at radius 3 is 2.81 bits per heavy atom. The van der Waals surface area contributed by atoms with Crippen LogP contribution in [0.3, 0.4) is 0 Å². The Hall–Kier alpha value is -2.25. The number of anilines is 1. The van der Waals surface area contributed by atoms with E-state index < -0.39 is 47.1 Å². The summed E-state index contributed by atoms with van der Waals surface area (Å²) in [4.78, 5) is 43.0. The van der Waals surface area contributed by atoms with Crippen LogP contribution in [0, 0.1) is 5.92 Å². The van der Waals surface area contributed by atoms with Gasteiger partial charge in [-0.15, -0.1) is 0 Å². The third kappa shape index (κ3) is 4.99. The van der Waals surface area contributed by atoms with Crippen LogP contribution in [-0.2, 0) is 25.5 Å². The third-order valence-corrected chi connectivity index (χ3v) is 6.43. The number of aliphatic hydroxyl groups excluding tert-OH is 2. The fourth-order valence-electron chi connectivity index (χ4n) is 3.40. The van der Waals surface area contributed by atoms with Crippen LogP contribution in [-0.4, -0.2) is 68.3 Å². The predicted octanol–water partition coefficient (Wildman–Crippen LogP) is -1.14. The van der Waals surface area contributed by atoms with Crippen molar-refractivity contribution in [2.75, 3.05) is 12.3 Å². The molecule has 3 heterocycles. The van der Waals surface area contributed by atoms with Gasteiger partial charge in [-0.05, 0) is 29.3 Å². The topological polar surface area (TPSA) is 191 Å². The van der Waals surface area contributed by atoms with Gasteiger partial charge in [-0.3, -0.25) is 19.4 Å². The lowest BCUT2D eigenvalue weighted by Crippen LogP contribution is -2.41. The summed E-state index contributed by atoms with van der Waals surface area (Å²) in [6, 6.07) is -0.811. The molecule has 2 aliphatic heterocycles. The first-order chi connectivity index (χ1) is 14.6. The number of nitrogens with one attached hydrogen (secondary N) is 1. The summed E-state index contributed by atoms with van der Waals surface area (Å²) in [6.45, 7) is 3.41. The van der Waals surface area contributed by atoms with E-state index in [2.05, 4.69) is 9.97 Å². The quantitative estimate of drug-likeness (QED) is 0.326. The molecule has 0 radical (unpaired) electrons. The van der Waals surface area contributed by atoms with Gasteiger partial charge in [0.05, 0.1) is 5.69 Å². The lowest BCUT2D eigenvalue weighted by atomic mass is 9.97. The summed E-state index contributed by atoms with van der Waals surface area (Å²) in [5, 5.41) is 20.4. The van der Waals surface area contributed by atoms with Crippen LogP contribution >= 0.6 is 11.8 Å². The fraction of sp³-hybridized carbons (Fsp3) is 0.579. The summed E-state index contributed by atoms with van der Waals surface area (Å²) < 4.78 is 10.9. The molecular weight excluding hydrogens is 428 g/mol. The van der Waals surface area contributed by atoms with Gasteiger partial charge in [0.1, 0.15) is 42.0 Å². The molecule has 11 nitrogen and oxygen atoms in total. The Labute approximate surface area is 182 Å². The van der Waals surface area contributed by atoms with Crippen molar-refractivity contribution < 1.29 is 29.3 Å². The maximum atomic E-state index is 12.3. The van der Waals surface area contributed by atoms with Gasteiger partial charge in [0.15, 0.2) is 0 Å². The van der Waals surface area contributed by atoms with Crippen molar-refractivity contribution in [3.05, 3.63) is 27.7 Å². The van der Waals surface area contributed by atoms with E-state index in [0.717, 1.165) is 0 Å². The monoisotopic (exact) mass is 454 g/mol. The van der Waals surface area contributed by atoms with Gasteiger partial charge in [-0.25, -0.2) is 4.98 Å². The highest BCUT2D eigenvalue weighted by Crippen LogP contribution is 2.33. The van der Waals surface area contributed by atoms with Crippen molar-refractivity contribution in [3.8, 4) is 0 Å². The number of hydrogen-bond acceptors (Lipinski definition) is 11. The number of thioether (sulfide) groups is 1. The SMILES string of the molecule is CCC(C)[C@H](N)C(=O)OC[C@H]1O[C@@H](C2=CC(=O)Sc3c(nc(N)[nH]c3=O)C2)[C@H](O)[C@@H]1O. The number of nitrogen functional groups attached to an aromatic ring is 1. The molecule has 170 valence electrons. The molecule has 0 spiro atoms. The molecule has 1 unspecified atom stereocenters. The van der Waals surface area contributed by atoms with E-state index >= 15 is 0 Å². The molecule has 1 aromatic heterocycles. The molecule has 0 amide bonds. The molecule has 0 saturated carbocycles. The minimum absolute atomic E-state index is 0.0159. The Balaban J connectivity index is 1.74. The van der Waals surface area contributed by atoms with Gasteiger partial charge in [-0.1, -0.05) is 20.3 Å². The number of ether oxygens (including phenoxy) is 2. The van der Waals surface area contributed by atoms with Crippen LogP contribution in [0.4, 0.5) is 5.95 Å². The van der Waals surface area contributed by atoms with Gasteiger partial charge in [0.25, 0.3) is 5.56 Å². The first-order valence-electron chi connectivity index (χ1n) is 9.87. The van der Waals surface area contributed by atoms with Gasteiger partial charge in [0, 0.05) is 6.42 Å². The number of nitrogens with two attached hydrogens (primary N) is 2. The average Bonchev–Trinajstić information content (AvgIpc) is 2.89. The summed E-state index contributed by atoms with van der Waals surface area (Å²) in [7, 11) is 0. The predicted molar refractivity (Wildman–Crippen MR) is 111 cm³/mol. The van der Waals surface area contributed by atoms with Crippen molar-refractivity contribution in [1.29, 1.82) is 0 Å². The Morgan fingerprint density at radius 2 is 2.13 bits per heavy atom. The minimum atomic E-state index is -1.38. The number of aromatic amines is 1. The number of H-pyrrole nitrogens is 1. The molecule has 0 aliphatic carbocycles. The van der Waals surface area contributed by atoms with Gasteiger partial charge >= 0.3 is 5.97 Å². The summed E-state index contributed by atoms with van der Waals surface area (Å²) >= 11 is 0.695. The molecule has 7 N–H and O–H groups in total. The fourth-order valence-corrected chi connectivity index (χ4v) is 4.19. The molecule has 31 heavy (non-hydrogen) atoms. The highest BCUT2D eigenvalue weighted by atomic mass is 32.2. The van der Waals surface area contributed by atoms with E-state index in [-0.39, 0.29) is 35.5 Å². The second-order valence-corrected chi connectivity index (χ2v) is 8.68. The number of fused-ring (bicyclic) bond motifs is 1. The van der Waals surface area contributed by atoms with E-state index in [9.17, 15) is 24.6 Å².